The molecule has 2 rings (SSSR count). The van der Waals surface area contributed by atoms with Gasteiger partial charge in [-0.15, -0.1) is 0 Å². The Morgan fingerprint density at radius 1 is 0.857 bits per heavy atom. The summed E-state index contributed by atoms with van der Waals surface area (Å²) < 4.78 is 9.66. The molecule has 0 saturated carbocycles. The Balaban J connectivity index is 1.42. The molecule has 8 heteroatoms. The quantitative estimate of drug-likeness (QED) is 0.343. The van der Waals surface area contributed by atoms with Gasteiger partial charge in [0.15, 0.2) is 0 Å². The molecule has 21 heavy (non-hydrogen) atoms. The Hall–Kier alpha value is -1.22. The number of nitrogens with one attached hydrogen (secondary N) is 2. The van der Waals surface area contributed by atoms with E-state index in [1.165, 1.54) is 0 Å². The number of hydroxylamine groups is 4. The van der Waals surface area contributed by atoms with Crippen molar-refractivity contribution in [3.05, 3.63) is 10.4 Å². The molecule has 2 saturated heterocycles. The van der Waals surface area contributed by atoms with Crippen molar-refractivity contribution in [1.29, 1.82) is 0 Å². The summed E-state index contributed by atoms with van der Waals surface area (Å²) >= 11 is 0. The van der Waals surface area contributed by atoms with Crippen molar-refractivity contribution >= 4 is 11.9 Å². The lowest BCUT2D eigenvalue weighted by Crippen LogP contribution is -3.10. The maximum absolute atomic E-state index is 11.6. The second-order valence-electron chi connectivity index (χ2n) is 5.64. The summed E-state index contributed by atoms with van der Waals surface area (Å²) in [5.41, 5.74) is 0. The van der Waals surface area contributed by atoms with E-state index in [1.54, 1.807) is 0 Å². The molecule has 120 valence electrons. The largest absolute Gasteiger partial charge is 0.634 e. The van der Waals surface area contributed by atoms with Gasteiger partial charge in [0.1, 0.15) is 12.2 Å². The molecule has 2 fully saturated rings. The third-order valence-corrected chi connectivity index (χ3v) is 3.79. The number of quaternary nitrogens is 2. The maximum atomic E-state index is 11.6. The number of ether oxygens (including phenoxy) is 2. The van der Waals surface area contributed by atoms with Gasteiger partial charge in [0.25, 0.3) is 0 Å². The van der Waals surface area contributed by atoms with E-state index >= 15 is 0 Å². The van der Waals surface area contributed by atoms with Crippen molar-refractivity contribution in [3.63, 3.8) is 0 Å². The van der Waals surface area contributed by atoms with Gasteiger partial charge in [-0.3, -0.25) is 9.59 Å². The molecule has 0 aromatic carbocycles. The van der Waals surface area contributed by atoms with Gasteiger partial charge in [-0.05, 0) is 0 Å². The van der Waals surface area contributed by atoms with Gasteiger partial charge in [-0.25, -0.2) is 0 Å². The van der Waals surface area contributed by atoms with Crippen LogP contribution in [-0.2, 0) is 19.1 Å². The number of rotatable bonds is 10. The summed E-state index contributed by atoms with van der Waals surface area (Å²) in [5.74, 6) is -0.398. The van der Waals surface area contributed by atoms with Crippen molar-refractivity contribution < 1.29 is 29.2 Å². The maximum Gasteiger partial charge on any atom is 0.309 e. The highest BCUT2D eigenvalue weighted by Gasteiger charge is 2.29. The molecular formula is C13H22N2O6. The summed E-state index contributed by atoms with van der Waals surface area (Å²) in [6.07, 6.45) is 2.39. The molecule has 2 heterocycles. The van der Waals surface area contributed by atoms with Gasteiger partial charge in [0.2, 0.25) is 0 Å². The van der Waals surface area contributed by atoms with Gasteiger partial charge in [0, 0.05) is 19.3 Å². The lowest BCUT2D eigenvalue weighted by atomic mass is 10.1. The van der Waals surface area contributed by atoms with Crippen molar-refractivity contribution in [3.8, 4) is 0 Å². The predicted octanol–water partition coefficient (Wildman–Crippen LogP) is -2.45. The van der Waals surface area contributed by atoms with Crippen LogP contribution in [0, 0.1) is 10.4 Å². The summed E-state index contributed by atoms with van der Waals surface area (Å²) in [5, 5.41) is 23.4. The lowest BCUT2D eigenvalue weighted by molar-refractivity contribution is -0.869. The Kier molecular flexibility index (Phi) is 5.92. The van der Waals surface area contributed by atoms with Gasteiger partial charge >= 0.3 is 11.9 Å². The average molecular weight is 302 g/mol. The topological polar surface area (TPSA) is 108 Å². The van der Waals surface area contributed by atoms with Crippen LogP contribution >= 0.6 is 0 Å². The second-order valence-corrected chi connectivity index (χ2v) is 5.64. The zero-order chi connectivity index (χ0) is 15.2. The second kappa shape index (κ2) is 7.69. The zero-order valence-electron chi connectivity index (χ0n) is 12.0. The molecule has 0 aromatic heterocycles. The fourth-order valence-electron chi connectivity index (χ4n) is 2.42. The Morgan fingerprint density at radius 3 is 1.57 bits per heavy atom. The normalized spacial score (nSPS) is 27.1. The highest BCUT2D eigenvalue weighted by molar-refractivity contribution is 5.75. The molecule has 8 nitrogen and oxygen atoms in total. The number of hydrogen-bond donors (Lipinski definition) is 2. The minimum atomic E-state index is -0.199. The fraction of sp³-hybridized carbons (Fsp3) is 0.846. The first-order valence-corrected chi connectivity index (χ1v) is 7.45. The Labute approximate surface area is 123 Å². The molecule has 4 atom stereocenters. The van der Waals surface area contributed by atoms with Crippen molar-refractivity contribution in [2.75, 3.05) is 26.2 Å². The van der Waals surface area contributed by atoms with Crippen LogP contribution in [0.25, 0.3) is 0 Å². The van der Waals surface area contributed by atoms with Crippen LogP contribution in [-0.4, -0.2) is 50.3 Å². The van der Waals surface area contributed by atoms with Crippen LogP contribution in [0.3, 0.4) is 0 Å². The van der Waals surface area contributed by atoms with Crippen molar-refractivity contribution in [2.45, 2.75) is 44.3 Å². The molecule has 0 radical (unpaired) electrons. The average Bonchev–Trinajstić information content (AvgIpc) is 2.37. The summed E-state index contributed by atoms with van der Waals surface area (Å²) in [7, 11) is 0. The van der Waals surface area contributed by atoms with Gasteiger partial charge in [-0.2, -0.15) is 0 Å². The minimum Gasteiger partial charge on any atom is -0.634 e. The van der Waals surface area contributed by atoms with Gasteiger partial charge in [-0.1, -0.05) is 0 Å². The molecule has 0 spiro atoms. The molecule has 2 N–H and O–H groups in total. The SMILES string of the molecule is O=C1CC(CC[NH+]([O-])CCC[NH+]([O-])CCC2CC(=O)O2)O1. The van der Waals surface area contributed by atoms with Crippen LogP contribution in [0.15, 0.2) is 0 Å². The van der Waals surface area contributed by atoms with E-state index < -0.39 is 0 Å². The van der Waals surface area contributed by atoms with Gasteiger partial charge in [0.05, 0.1) is 39.0 Å². The van der Waals surface area contributed by atoms with Crippen LogP contribution in [0.4, 0.5) is 0 Å². The number of carbonyl (C=O) groups is 2. The minimum absolute atomic E-state index is 0.0896. The zero-order valence-corrected chi connectivity index (χ0v) is 12.0. The first-order chi connectivity index (χ1) is 10.0. The fourth-order valence-corrected chi connectivity index (χ4v) is 2.42. The molecular weight excluding hydrogens is 280 g/mol. The molecule has 0 aliphatic carbocycles. The Bertz CT molecular complexity index is 328. The first kappa shape index (κ1) is 16.2. The predicted molar refractivity (Wildman–Crippen MR) is 71.0 cm³/mol. The smallest absolute Gasteiger partial charge is 0.309 e. The van der Waals surface area contributed by atoms with E-state index in [0.717, 1.165) is 0 Å². The summed E-state index contributed by atoms with van der Waals surface area (Å²) in [6, 6.07) is 0. The van der Waals surface area contributed by atoms with E-state index in [1.807, 2.05) is 0 Å². The van der Waals surface area contributed by atoms with Crippen LogP contribution < -0.4 is 10.1 Å². The number of carbonyl (C=O) groups excluding carboxylic acids is 2. The Morgan fingerprint density at radius 2 is 1.24 bits per heavy atom. The summed E-state index contributed by atoms with van der Waals surface area (Å²) in [4.78, 5) is 21.2. The first-order valence-electron chi connectivity index (χ1n) is 7.45. The van der Waals surface area contributed by atoms with Crippen molar-refractivity contribution in [2.24, 2.45) is 0 Å². The van der Waals surface area contributed by atoms with Crippen molar-refractivity contribution in [1.82, 2.24) is 0 Å². The van der Waals surface area contributed by atoms with E-state index in [4.69, 9.17) is 9.47 Å². The molecule has 2 aliphatic rings. The number of cyclic esters (lactones) is 2. The standard InChI is InChI=1S/C13H22N2O6/c16-12-8-10(20-12)2-6-14(18)4-1-5-15(19)7-3-11-9-13(17)21-11/h10-11,14-15H,1-9H2. The van der Waals surface area contributed by atoms with E-state index in [0.29, 0.717) is 58.3 Å². The van der Waals surface area contributed by atoms with Crippen LogP contribution in [0.2, 0.25) is 0 Å². The molecule has 4 unspecified atom stereocenters. The number of esters is 2. The third-order valence-electron chi connectivity index (χ3n) is 3.79. The summed E-state index contributed by atoms with van der Waals surface area (Å²) in [6.45, 7) is 1.60. The van der Waals surface area contributed by atoms with Gasteiger partial charge < -0.3 is 30.0 Å². The van der Waals surface area contributed by atoms with E-state index in [9.17, 15) is 20.0 Å². The molecule has 0 bridgehead atoms. The monoisotopic (exact) mass is 302 g/mol. The third kappa shape index (κ3) is 5.58. The molecule has 2 aliphatic heterocycles. The molecule has 0 amide bonds. The molecule has 0 aromatic rings. The van der Waals surface area contributed by atoms with Crippen LogP contribution in [0.5, 0.6) is 0 Å². The van der Waals surface area contributed by atoms with Crippen LogP contribution in [0.1, 0.15) is 32.1 Å². The highest BCUT2D eigenvalue weighted by Crippen LogP contribution is 2.15. The van der Waals surface area contributed by atoms with E-state index in [2.05, 4.69) is 0 Å². The lowest BCUT2D eigenvalue weighted by Gasteiger charge is -2.30. The highest BCUT2D eigenvalue weighted by atomic mass is 16.6. The number of hydrogen-bond acceptors (Lipinski definition) is 6. The van der Waals surface area contributed by atoms with E-state index in [-0.39, 0.29) is 34.3 Å².